The number of carboxylic acids is 1. The molecule has 1 atom stereocenters. The van der Waals surface area contributed by atoms with Crippen molar-refractivity contribution >= 4 is 18.0 Å². The SMILES string of the molecule is Cc1nn(C)c(C)c1CC(C)NC(=O)/C=C/c1ccc(C(=O)O)cc1. The lowest BCUT2D eigenvalue weighted by molar-refractivity contribution is -0.117. The van der Waals surface area contributed by atoms with Gasteiger partial charge in [-0.25, -0.2) is 4.79 Å². The Morgan fingerprint density at radius 1 is 1.28 bits per heavy atom. The van der Waals surface area contributed by atoms with Gasteiger partial charge in [-0.15, -0.1) is 0 Å². The van der Waals surface area contributed by atoms with Crippen LogP contribution in [0.2, 0.25) is 0 Å². The van der Waals surface area contributed by atoms with Crippen LogP contribution in [0.3, 0.4) is 0 Å². The molecule has 0 radical (unpaired) electrons. The van der Waals surface area contributed by atoms with E-state index in [0.717, 1.165) is 28.9 Å². The number of aromatic nitrogens is 2. The van der Waals surface area contributed by atoms with Crippen LogP contribution < -0.4 is 5.32 Å². The largest absolute Gasteiger partial charge is 0.478 e. The highest BCUT2D eigenvalue weighted by Crippen LogP contribution is 2.14. The second-order valence-corrected chi connectivity index (χ2v) is 6.15. The zero-order valence-corrected chi connectivity index (χ0v) is 14.9. The number of hydrogen-bond acceptors (Lipinski definition) is 3. The molecule has 0 aliphatic rings. The molecule has 25 heavy (non-hydrogen) atoms. The van der Waals surface area contributed by atoms with Gasteiger partial charge >= 0.3 is 5.97 Å². The van der Waals surface area contributed by atoms with Crippen LogP contribution in [-0.2, 0) is 18.3 Å². The molecule has 2 aromatic rings. The molecule has 1 heterocycles. The zero-order chi connectivity index (χ0) is 18.6. The quantitative estimate of drug-likeness (QED) is 0.791. The van der Waals surface area contributed by atoms with Crippen molar-refractivity contribution in [3.8, 4) is 0 Å². The van der Waals surface area contributed by atoms with Gasteiger partial charge in [0.25, 0.3) is 0 Å². The summed E-state index contributed by atoms with van der Waals surface area (Å²) in [5, 5.41) is 16.2. The summed E-state index contributed by atoms with van der Waals surface area (Å²) in [4.78, 5) is 22.9. The van der Waals surface area contributed by atoms with E-state index in [2.05, 4.69) is 10.4 Å². The number of rotatable bonds is 6. The summed E-state index contributed by atoms with van der Waals surface area (Å²) < 4.78 is 1.85. The molecule has 0 fully saturated rings. The normalized spacial score (nSPS) is 12.3. The lowest BCUT2D eigenvalue weighted by atomic mass is 10.1. The molecule has 1 amide bonds. The van der Waals surface area contributed by atoms with Crippen molar-refractivity contribution in [3.63, 3.8) is 0 Å². The highest BCUT2D eigenvalue weighted by atomic mass is 16.4. The molecule has 0 aliphatic carbocycles. The van der Waals surface area contributed by atoms with E-state index in [1.54, 1.807) is 18.2 Å². The third-order valence-electron chi connectivity index (χ3n) is 4.14. The third-order valence-corrected chi connectivity index (χ3v) is 4.14. The van der Waals surface area contributed by atoms with Crippen molar-refractivity contribution in [1.29, 1.82) is 0 Å². The molecule has 0 spiro atoms. The lowest BCUT2D eigenvalue weighted by Crippen LogP contribution is -2.33. The van der Waals surface area contributed by atoms with Crippen LogP contribution in [0, 0.1) is 13.8 Å². The number of carboxylic acid groups (broad SMARTS) is 1. The first kappa shape index (κ1) is 18.4. The summed E-state index contributed by atoms with van der Waals surface area (Å²) in [5.41, 5.74) is 4.23. The molecule has 1 unspecified atom stereocenters. The van der Waals surface area contributed by atoms with E-state index in [1.165, 1.54) is 18.2 Å². The van der Waals surface area contributed by atoms with Crippen molar-refractivity contribution in [2.24, 2.45) is 7.05 Å². The van der Waals surface area contributed by atoms with Crippen molar-refractivity contribution in [3.05, 3.63) is 58.4 Å². The monoisotopic (exact) mass is 341 g/mol. The number of amides is 1. The number of benzene rings is 1. The molecule has 0 saturated heterocycles. The molecule has 2 rings (SSSR count). The van der Waals surface area contributed by atoms with Crippen LogP contribution in [0.4, 0.5) is 0 Å². The average molecular weight is 341 g/mol. The summed E-state index contributed by atoms with van der Waals surface area (Å²) in [6, 6.07) is 6.33. The molecule has 0 aliphatic heterocycles. The van der Waals surface area contributed by atoms with E-state index < -0.39 is 5.97 Å². The Balaban J connectivity index is 1.93. The number of nitrogens with one attached hydrogen (secondary N) is 1. The summed E-state index contributed by atoms with van der Waals surface area (Å²) in [6.07, 6.45) is 3.84. The first-order valence-corrected chi connectivity index (χ1v) is 8.09. The van der Waals surface area contributed by atoms with Gasteiger partial charge < -0.3 is 10.4 Å². The third kappa shape index (κ3) is 4.79. The second-order valence-electron chi connectivity index (χ2n) is 6.15. The maximum Gasteiger partial charge on any atom is 0.335 e. The van der Waals surface area contributed by atoms with E-state index in [4.69, 9.17) is 5.11 Å². The van der Waals surface area contributed by atoms with Crippen LogP contribution in [0.25, 0.3) is 6.08 Å². The summed E-state index contributed by atoms with van der Waals surface area (Å²) in [6.45, 7) is 5.95. The molecule has 1 aromatic heterocycles. The predicted molar refractivity (Wildman–Crippen MR) is 96.4 cm³/mol. The number of aromatic carboxylic acids is 1. The Bertz CT molecular complexity index is 804. The highest BCUT2D eigenvalue weighted by molar-refractivity contribution is 5.92. The molecule has 6 heteroatoms. The highest BCUT2D eigenvalue weighted by Gasteiger charge is 2.13. The number of hydrogen-bond donors (Lipinski definition) is 2. The second kappa shape index (κ2) is 7.79. The minimum absolute atomic E-state index is 0.0202. The maximum atomic E-state index is 12.1. The Hall–Kier alpha value is -2.89. The van der Waals surface area contributed by atoms with Gasteiger partial charge in [-0.2, -0.15) is 5.10 Å². The standard InChI is InChI=1S/C19H23N3O3/c1-12(11-17-13(2)21-22(4)14(17)3)20-18(23)10-7-15-5-8-16(9-6-15)19(24)25/h5-10,12H,11H2,1-4H3,(H,20,23)(H,24,25)/b10-7+. The molecule has 0 bridgehead atoms. The first-order chi connectivity index (χ1) is 11.8. The fourth-order valence-corrected chi connectivity index (χ4v) is 2.67. The molecule has 132 valence electrons. The Kier molecular flexibility index (Phi) is 5.75. The Morgan fingerprint density at radius 2 is 1.92 bits per heavy atom. The first-order valence-electron chi connectivity index (χ1n) is 8.09. The van der Waals surface area contributed by atoms with Crippen LogP contribution in [0.5, 0.6) is 0 Å². The summed E-state index contributed by atoms with van der Waals surface area (Å²) >= 11 is 0. The number of carbonyl (C=O) groups excluding carboxylic acids is 1. The van der Waals surface area contributed by atoms with Gasteiger partial charge in [0.1, 0.15) is 0 Å². The Morgan fingerprint density at radius 3 is 2.44 bits per heavy atom. The van der Waals surface area contributed by atoms with Gasteiger partial charge in [0.2, 0.25) is 5.91 Å². The maximum absolute atomic E-state index is 12.1. The minimum atomic E-state index is -0.969. The number of nitrogens with zero attached hydrogens (tertiary/aromatic N) is 2. The fraction of sp³-hybridized carbons (Fsp3) is 0.316. The van der Waals surface area contributed by atoms with Crippen molar-refractivity contribution in [2.75, 3.05) is 0 Å². The summed E-state index contributed by atoms with van der Waals surface area (Å²) in [5.74, 6) is -1.16. The van der Waals surface area contributed by atoms with E-state index >= 15 is 0 Å². The van der Waals surface area contributed by atoms with E-state index in [-0.39, 0.29) is 17.5 Å². The van der Waals surface area contributed by atoms with Gasteiger partial charge in [-0.05, 0) is 56.5 Å². The average Bonchev–Trinajstić information content (AvgIpc) is 2.79. The van der Waals surface area contributed by atoms with Gasteiger partial charge in [-0.3, -0.25) is 9.48 Å². The van der Waals surface area contributed by atoms with Crippen molar-refractivity contribution < 1.29 is 14.7 Å². The number of carbonyl (C=O) groups is 2. The van der Waals surface area contributed by atoms with Gasteiger partial charge in [0.15, 0.2) is 0 Å². The van der Waals surface area contributed by atoms with Crippen LogP contribution >= 0.6 is 0 Å². The van der Waals surface area contributed by atoms with Crippen molar-refractivity contribution in [1.82, 2.24) is 15.1 Å². The van der Waals surface area contributed by atoms with Crippen LogP contribution in [-0.4, -0.2) is 32.8 Å². The summed E-state index contributed by atoms with van der Waals surface area (Å²) in [7, 11) is 1.91. The fourth-order valence-electron chi connectivity index (χ4n) is 2.67. The van der Waals surface area contributed by atoms with Gasteiger partial charge in [0.05, 0.1) is 11.3 Å². The molecular formula is C19H23N3O3. The Labute approximate surface area is 147 Å². The van der Waals surface area contributed by atoms with Gasteiger partial charge in [0, 0.05) is 24.9 Å². The van der Waals surface area contributed by atoms with Crippen molar-refractivity contribution in [2.45, 2.75) is 33.2 Å². The topological polar surface area (TPSA) is 84.2 Å². The van der Waals surface area contributed by atoms with Gasteiger partial charge in [-0.1, -0.05) is 12.1 Å². The van der Waals surface area contributed by atoms with E-state index in [1.807, 2.05) is 32.5 Å². The molecule has 2 N–H and O–H groups in total. The minimum Gasteiger partial charge on any atom is -0.478 e. The van der Waals surface area contributed by atoms with Crippen LogP contribution in [0.1, 0.15) is 39.8 Å². The molecule has 0 saturated carbocycles. The predicted octanol–water partition coefficient (Wildman–Crippen LogP) is 2.50. The molecule has 6 nitrogen and oxygen atoms in total. The smallest absolute Gasteiger partial charge is 0.335 e. The molecular weight excluding hydrogens is 318 g/mol. The lowest BCUT2D eigenvalue weighted by Gasteiger charge is -2.13. The van der Waals surface area contributed by atoms with Crippen LogP contribution in [0.15, 0.2) is 30.3 Å². The van der Waals surface area contributed by atoms with E-state index in [0.29, 0.717) is 0 Å². The molecule has 1 aromatic carbocycles. The zero-order valence-electron chi connectivity index (χ0n) is 14.9. The number of aryl methyl sites for hydroxylation is 2. The van der Waals surface area contributed by atoms with E-state index in [9.17, 15) is 9.59 Å².